The Morgan fingerprint density at radius 2 is 2.06 bits per heavy atom. The van der Waals surface area contributed by atoms with Crippen LogP contribution in [0.5, 0.6) is 0 Å². The fourth-order valence-corrected chi connectivity index (χ4v) is 1.47. The van der Waals surface area contributed by atoms with Crippen molar-refractivity contribution >= 4 is 11.4 Å². The minimum absolute atomic E-state index is 0.226. The van der Waals surface area contributed by atoms with E-state index in [0.717, 1.165) is 16.9 Å². The molecule has 0 aliphatic carbocycles. The summed E-state index contributed by atoms with van der Waals surface area (Å²) >= 11 is 0. The second-order valence-electron chi connectivity index (χ2n) is 4.13. The molecule has 90 valence electrons. The fraction of sp³-hybridized carbons (Fsp3) is 0.500. The molecule has 0 heterocycles. The van der Waals surface area contributed by atoms with Gasteiger partial charge in [-0.1, -0.05) is 6.07 Å². The van der Waals surface area contributed by atoms with Crippen LogP contribution < -0.4 is 10.2 Å². The average Bonchev–Trinajstić information content (AvgIpc) is 2.25. The van der Waals surface area contributed by atoms with Crippen LogP contribution in [0.25, 0.3) is 0 Å². The van der Waals surface area contributed by atoms with Gasteiger partial charge in [-0.25, -0.2) is 0 Å². The van der Waals surface area contributed by atoms with Gasteiger partial charge in [0.1, 0.15) is 0 Å². The zero-order chi connectivity index (χ0) is 12.1. The van der Waals surface area contributed by atoms with E-state index >= 15 is 0 Å². The maximum atomic E-state index is 9.29. The molecule has 0 aromatic heterocycles. The van der Waals surface area contributed by atoms with E-state index in [2.05, 4.69) is 5.32 Å². The summed E-state index contributed by atoms with van der Waals surface area (Å²) in [5.41, 5.74) is 3.19. The fourth-order valence-electron chi connectivity index (χ4n) is 1.47. The molecule has 0 aliphatic rings. The lowest BCUT2D eigenvalue weighted by Gasteiger charge is -2.20. The van der Waals surface area contributed by atoms with E-state index in [1.54, 1.807) is 0 Å². The van der Waals surface area contributed by atoms with Crippen LogP contribution >= 0.6 is 0 Å². The molecule has 0 saturated carbocycles. The van der Waals surface area contributed by atoms with Crippen LogP contribution in [0.15, 0.2) is 18.2 Å². The first-order chi connectivity index (χ1) is 7.54. The van der Waals surface area contributed by atoms with Crippen LogP contribution in [0.4, 0.5) is 11.4 Å². The van der Waals surface area contributed by atoms with Crippen molar-refractivity contribution in [3.8, 4) is 0 Å². The molecule has 0 fully saturated rings. The number of hydrogen-bond acceptors (Lipinski definition) is 4. The minimum atomic E-state index is -0.726. The van der Waals surface area contributed by atoms with E-state index in [0.29, 0.717) is 6.54 Å². The van der Waals surface area contributed by atoms with Gasteiger partial charge in [0.25, 0.3) is 0 Å². The van der Waals surface area contributed by atoms with E-state index in [-0.39, 0.29) is 6.61 Å². The number of nitrogens with one attached hydrogen (secondary N) is 1. The normalized spacial score (nSPS) is 12.3. The highest BCUT2D eigenvalue weighted by molar-refractivity contribution is 5.70. The molecular formula is C12H20N2O2. The third-order valence-electron chi connectivity index (χ3n) is 2.37. The average molecular weight is 224 g/mol. The number of rotatable bonds is 5. The van der Waals surface area contributed by atoms with E-state index in [9.17, 15) is 5.11 Å². The van der Waals surface area contributed by atoms with E-state index < -0.39 is 6.10 Å². The molecule has 0 bridgehead atoms. The van der Waals surface area contributed by atoms with Crippen molar-refractivity contribution in [1.29, 1.82) is 0 Å². The molecule has 1 atom stereocenters. The molecule has 1 aromatic carbocycles. The smallest absolute Gasteiger partial charge is 0.0942 e. The van der Waals surface area contributed by atoms with Gasteiger partial charge in [-0.15, -0.1) is 0 Å². The Hall–Kier alpha value is -1.26. The summed E-state index contributed by atoms with van der Waals surface area (Å²) in [6.45, 7) is 2.14. The summed E-state index contributed by atoms with van der Waals surface area (Å²) in [4.78, 5) is 2.01. The third kappa shape index (κ3) is 3.40. The number of aliphatic hydroxyl groups excluding tert-OH is 2. The van der Waals surface area contributed by atoms with Gasteiger partial charge >= 0.3 is 0 Å². The van der Waals surface area contributed by atoms with Crippen LogP contribution in [0.1, 0.15) is 5.56 Å². The Labute approximate surface area is 96.5 Å². The Balaban J connectivity index is 2.80. The first kappa shape index (κ1) is 12.8. The van der Waals surface area contributed by atoms with Crippen molar-refractivity contribution < 1.29 is 10.2 Å². The lowest BCUT2D eigenvalue weighted by atomic mass is 10.1. The zero-order valence-corrected chi connectivity index (χ0v) is 10.1. The Bertz CT molecular complexity index is 340. The van der Waals surface area contributed by atoms with Gasteiger partial charge in [-0.2, -0.15) is 0 Å². The highest BCUT2D eigenvalue weighted by Crippen LogP contribution is 2.25. The van der Waals surface area contributed by atoms with Crippen molar-refractivity contribution in [2.45, 2.75) is 13.0 Å². The predicted molar refractivity (Wildman–Crippen MR) is 67.1 cm³/mol. The summed E-state index contributed by atoms with van der Waals surface area (Å²) in [6, 6.07) is 6.10. The van der Waals surface area contributed by atoms with Gasteiger partial charge in [-0.3, -0.25) is 0 Å². The van der Waals surface area contributed by atoms with Crippen molar-refractivity contribution in [3.05, 3.63) is 23.8 Å². The molecule has 0 spiro atoms. The SMILES string of the molecule is Cc1ccc(N(C)C)c(NCC(O)CO)c1. The number of anilines is 2. The number of hydrogen-bond donors (Lipinski definition) is 3. The van der Waals surface area contributed by atoms with Crippen LogP contribution in [0.3, 0.4) is 0 Å². The summed E-state index contributed by atoms with van der Waals surface area (Å²) in [7, 11) is 3.94. The predicted octanol–water partition coefficient (Wildman–Crippen LogP) is 0.826. The Morgan fingerprint density at radius 3 is 2.62 bits per heavy atom. The zero-order valence-electron chi connectivity index (χ0n) is 10.1. The van der Waals surface area contributed by atoms with Crippen molar-refractivity contribution in [1.82, 2.24) is 0 Å². The van der Waals surface area contributed by atoms with Crippen LogP contribution in [0.2, 0.25) is 0 Å². The van der Waals surface area contributed by atoms with Gasteiger partial charge in [0.15, 0.2) is 0 Å². The molecule has 1 rings (SSSR count). The molecular weight excluding hydrogens is 204 g/mol. The second kappa shape index (κ2) is 5.72. The lowest BCUT2D eigenvalue weighted by molar-refractivity contribution is 0.105. The molecule has 0 saturated heterocycles. The molecule has 0 radical (unpaired) electrons. The number of benzene rings is 1. The lowest BCUT2D eigenvalue weighted by Crippen LogP contribution is -2.24. The molecule has 3 N–H and O–H groups in total. The van der Waals surface area contributed by atoms with Crippen molar-refractivity contribution in [2.75, 3.05) is 37.5 Å². The van der Waals surface area contributed by atoms with E-state index in [1.807, 2.05) is 44.1 Å². The Morgan fingerprint density at radius 1 is 1.38 bits per heavy atom. The van der Waals surface area contributed by atoms with Crippen molar-refractivity contribution in [2.24, 2.45) is 0 Å². The topological polar surface area (TPSA) is 55.7 Å². The first-order valence-electron chi connectivity index (χ1n) is 5.35. The third-order valence-corrected chi connectivity index (χ3v) is 2.37. The number of aliphatic hydroxyl groups is 2. The van der Waals surface area contributed by atoms with Crippen LogP contribution in [-0.4, -0.2) is 43.6 Å². The molecule has 4 heteroatoms. The highest BCUT2D eigenvalue weighted by Gasteiger charge is 2.06. The molecule has 4 nitrogen and oxygen atoms in total. The quantitative estimate of drug-likeness (QED) is 0.693. The summed E-state index contributed by atoms with van der Waals surface area (Å²) in [5, 5.41) is 21.2. The van der Waals surface area contributed by atoms with Crippen LogP contribution in [-0.2, 0) is 0 Å². The molecule has 16 heavy (non-hydrogen) atoms. The maximum absolute atomic E-state index is 9.29. The van der Waals surface area contributed by atoms with Gasteiger partial charge in [0.2, 0.25) is 0 Å². The summed E-state index contributed by atoms with van der Waals surface area (Å²) < 4.78 is 0. The standard InChI is InChI=1S/C12H20N2O2/c1-9-4-5-12(14(2)3)11(6-9)13-7-10(16)8-15/h4-6,10,13,15-16H,7-8H2,1-3H3. The molecule has 0 aliphatic heterocycles. The van der Waals surface area contributed by atoms with Gasteiger partial charge < -0.3 is 20.4 Å². The van der Waals surface area contributed by atoms with Gasteiger partial charge in [0, 0.05) is 20.6 Å². The highest BCUT2D eigenvalue weighted by atomic mass is 16.3. The summed E-state index contributed by atoms with van der Waals surface area (Å²) in [6.07, 6.45) is -0.726. The molecule has 0 amide bonds. The minimum Gasteiger partial charge on any atom is -0.394 e. The van der Waals surface area contributed by atoms with E-state index in [4.69, 9.17) is 5.11 Å². The van der Waals surface area contributed by atoms with Crippen LogP contribution in [0, 0.1) is 6.92 Å². The van der Waals surface area contributed by atoms with Gasteiger partial charge in [0.05, 0.1) is 24.1 Å². The second-order valence-corrected chi connectivity index (χ2v) is 4.13. The first-order valence-corrected chi connectivity index (χ1v) is 5.35. The monoisotopic (exact) mass is 224 g/mol. The molecule has 1 aromatic rings. The number of aryl methyl sites for hydroxylation is 1. The van der Waals surface area contributed by atoms with Crippen molar-refractivity contribution in [3.63, 3.8) is 0 Å². The number of nitrogens with zero attached hydrogens (tertiary/aromatic N) is 1. The van der Waals surface area contributed by atoms with E-state index in [1.165, 1.54) is 0 Å². The van der Waals surface area contributed by atoms with Gasteiger partial charge in [-0.05, 0) is 24.6 Å². The largest absolute Gasteiger partial charge is 0.394 e. The molecule has 1 unspecified atom stereocenters. The maximum Gasteiger partial charge on any atom is 0.0942 e. The summed E-state index contributed by atoms with van der Waals surface area (Å²) in [5.74, 6) is 0. The Kier molecular flexibility index (Phi) is 4.58.